The summed E-state index contributed by atoms with van der Waals surface area (Å²) in [5.74, 6) is 1.32. The molecule has 1 aromatic heterocycles. The van der Waals surface area contributed by atoms with E-state index < -0.39 is 0 Å². The summed E-state index contributed by atoms with van der Waals surface area (Å²) < 4.78 is 11.0. The van der Waals surface area contributed by atoms with Crippen LogP contribution in [0.3, 0.4) is 0 Å². The van der Waals surface area contributed by atoms with E-state index in [1.807, 2.05) is 38.1 Å². The van der Waals surface area contributed by atoms with Crippen LogP contribution < -0.4 is 10.1 Å². The molecule has 1 amide bonds. The second-order valence-electron chi connectivity index (χ2n) is 7.24. The summed E-state index contributed by atoms with van der Waals surface area (Å²) in [6.45, 7) is 4.12. The maximum Gasteiger partial charge on any atom is 0.251 e. The van der Waals surface area contributed by atoms with Gasteiger partial charge in [-0.15, -0.1) is 0 Å². The number of amides is 1. The van der Waals surface area contributed by atoms with E-state index in [1.54, 1.807) is 6.07 Å². The number of hydrogen-bond acceptors (Lipinski definition) is 4. The number of carbonyl (C=O) groups excluding carboxylic acids is 1. The van der Waals surface area contributed by atoms with Crippen molar-refractivity contribution in [3.63, 3.8) is 0 Å². The van der Waals surface area contributed by atoms with Gasteiger partial charge in [0.25, 0.3) is 5.91 Å². The predicted molar refractivity (Wildman–Crippen MR) is 106 cm³/mol. The fourth-order valence-electron chi connectivity index (χ4n) is 3.74. The molecule has 0 bridgehead atoms. The largest absolute Gasteiger partial charge is 0.489 e. The van der Waals surface area contributed by atoms with Crippen LogP contribution in [0.1, 0.15) is 57.4 Å². The SMILES string of the molecule is Cc1noc(C)c1COc1cccc(C(=O)N[C@H]2CCCc3ccccc32)c1. The van der Waals surface area contributed by atoms with Gasteiger partial charge < -0.3 is 14.6 Å². The molecule has 0 radical (unpaired) electrons. The van der Waals surface area contributed by atoms with Gasteiger partial charge in [0.2, 0.25) is 0 Å². The zero-order chi connectivity index (χ0) is 19.5. The van der Waals surface area contributed by atoms with Crippen LogP contribution in [0.4, 0.5) is 0 Å². The van der Waals surface area contributed by atoms with E-state index in [1.165, 1.54) is 11.1 Å². The first-order valence-corrected chi connectivity index (χ1v) is 9.65. The lowest BCUT2D eigenvalue weighted by atomic mass is 9.87. The van der Waals surface area contributed by atoms with Crippen molar-refractivity contribution in [1.29, 1.82) is 0 Å². The smallest absolute Gasteiger partial charge is 0.251 e. The summed E-state index contributed by atoms with van der Waals surface area (Å²) in [6.07, 6.45) is 3.13. The average molecular weight is 376 g/mol. The van der Waals surface area contributed by atoms with Gasteiger partial charge >= 0.3 is 0 Å². The zero-order valence-corrected chi connectivity index (χ0v) is 16.2. The fourth-order valence-corrected chi connectivity index (χ4v) is 3.74. The van der Waals surface area contributed by atoms with Crippen LogP contribution in [-0.4, -0.2) is 11.1 Å². The van der Waals surface area contributed by atoms with Crippen molar-refractivity contribution in [2.24, 2.45) is 0 Å². The molecule has 0 saturated carbocycles. The van der Waals surface area contributed by atoms with Crippen LogP contribution in [0, 0.1) is 13.8 Å². The van der Waals surface area contributed by atoms with Gasteiger partial charge in [-0.1, -0.05) is 35.5 Å². The molecular weight excluding hydrogens is 352 g/mol. The minimum absolute atomic E-state index is 0.0596. The summed E-state index contributed by atoms with van der Waals surface area (Å²) in [5.41, 5.74) is 4.92. The molecule has 4 rings (SSSR count). The van der Waals surface area contributed by atoms with Crippen LogP contribution in [0.5, 0.6) is 5.75 Å². The number of ether oxygens (including phenoxy) is 1. The highest BCUT2D eigenvalue weighted by atomic mass is 16.5. The van der Waals surface area contributed by atoms with Crippen LogP contribution in [-0.2, 0) is 13.0 Å². The number of aryl methyl sites for hydroxylation is 3. The van der Waals surface area contributed by atoms with Crippen LogP contribution in [0.15, 0.2) is 53.1 Å². The number of carbonyl (C=O) groups is 1. The highest BCUT2D eigenvalue weighted by molar-refractivity contribution is 5.94. The minimum Gasteiger partial charge on any atom is -0.489 e. The number of nitrogens with zero attached hydrogens (tertiary/aromatic N) is 1. The molecule has 5 nitrogen and oxygen atoms in total. The molecule has 3 aromatic rings. The zero-order valence-electron chi connectivity index (χ0n) is 16.2. The molecule has 144 valence electrons. The molecule has 0 aliphatic heterocycles. The van der Waals surface area contributed by atoms with Crippen LogP contribution in [0.25, 0.3) is 0 Å². The normalized spacial score (nSPS) is 15.7. The molecule has 28 heavy (non-hydrogen) atoms. The van der Waals surface area contributed by atoms with E-state index in [0.29, 0.717) is 17.9 Å². The Kier molecular flexibility index (Phi) is 5.15. The Morgan fingerprint density at radius 3 is 2.89 bits per heavy atom. The molecule has 5 heteroatoms. The van der Waals surface area contributed by atoms with Gasteiger partial charge in [0.15, 0.2) is 0 Å². The number of fused-ring (bicyclic) bond motifs is 1. The predicted octanol–water partition coefficient (Wildman–Crippen LogP) is 4.68. The van der Waals surface area contributed by atoms with Gasteiger partial charge in [-0.05, 0) is 62.4 Å². The lowest BCUT2D eigenvalue weighted by Crippen LogP contribution is -2.30. The summed E-state index contributed by atoms with van der Waals surface area (Å²) in [6, 6.07) is 15.7. The van der Waals surface area contributed by atoms with Crippen LogP contribution in [0.2, 0.25) is 0 Å². The Morgan fingerprint density at radius 2 is 2.07 bits per heavy atom. The Balaban J connectivity index is 1.45. The Hall–Kier alpha value is -3.08. The fraction of sp³-hybridized carbons (Fsp3) is 0.304. The molecule has 0 unspecified atom stereocenters. The molecule has 1 atom stereocenters. The third-order valence-corrected chi connectivity index (χ3v) is 5.34. The molecule has 0 saturated heterocycles. The number of hydrogen-bond donors (Lipinski definition) is 1. The lowest BCUT2D eigenvalue weighted by Gasteiger charge is -2.26. The van der Waals surface area contributed by atoms with E-state index in [-0.39, 0.29) is 11.9 Å². The van der Waals surface area contributed by atoms with Crippen molar-refractivity contribution in [2.45, 2.75) is 45.8 Å². The first-order chi connectivity index (χ1) is 13.6. The van der Waals surface area contributed by atoms with Crippen molar-refractivity contribution in [3.05, 3.63) is 82.2 Å². The van der Waals surface area contributed by atoms with Crippen molar-refractivity contribution < 1.29 is 14.1 Å². The number of aromatic nitrogens is 1. The molecule has 1 aliphatic rings. The molecule has 0 fully saturated rings. The van der Waals surface area contributed by atoms with E-state index in [4.69, 9.17) is 9.26 Å². The summed E-state index contributed by atoms with van der Waals surface area (Å²) in [5, 5.41) is 7.13. The van der Waals surface area contributed by atoms with Crippen LogP contribution >= 0.6 is 0 Å². The van der Waals surface area contributed by atoms with Gasteiger partial charge in [0, 0.05) is 5.56 Å². The second kappa shape index (κ2) is 7.89. The van der Waals surface area contributed by atoms with Gasteiger partial charge in [-0.25, -0.2) is 0 Å². The van der Waals surface area contributed by atoms with Crippen molar-refractivity contribution in [3.8, 4) is 5.75 Å². The standard InChI is InChI=1S/C23H24N2O3/c1-15-21(16(2)28-25-15)14-27-19-10-5-9-18(13-19)23(26)24-22-12-6-8-17-7-3-4-11-20(17)22/h3-5,7,9-11,13,22H,6,8,12,14H2,1-2H3,(H,24,26)/t22-/m0/s1. The average Bonchev–Trinajstić information content (AvgIpc) is 3.04. The first-order valence-electron chi connectivity index (χ1n) is 9.65. The number of nitrogens with one attached hydrogen (secondary N) is 1. The van der Waals surface area contributed by atoms with Gasteiger partial charge in [0.05, 0.1) is 17.3 Å². The highest BCUT2D eigenvalue weighted by Crippen LogP contribution is 2.30. The Morgan fingerprint density at radius 1 is 1.21 bits per heavy atom. The Bertz CT molecular complexity index is 974. The third kappa shape index (κ3) is 3.79. The molecule has 1 aliphatic carbocycles. The quantitative estimate of drug-likeness (QED) is 0.702. The molecule has 1 N–H and O–H groups in total. The summed E-state index contributed by atoms with van der Waals surface area (Å²) in [4.78, 5) is 12.8. The number of benzene rings is 2. The van der Waals surface area contributed by atoms with E-state index in [9.17, 15) is 4.79 Å². The molecule has 2 aromatic carbocycles. The van der Waals surface area contributed by atoms with Gasteiger partial charge in [-0.3, -0.25) is 4.79 Å². The van der Waals surface area contributed by atoms with Crippen molar-refractivity contribution in [1.82, 2.24) is 10.5 Å². The maximum atomic E-state index is 12.8. The monoisotopic (exact) mass is 376 g/mol. The third-order valence-electron chi connectivity index (χ3n) is 5.34. The molecular formula is C23H24N2O3. The lowest BCUT2D eigenvalue weighted by molar-refractivity contribution is 0.0932. The van der Waals surface area contributed by atoms with Gasteiger partial charge in [0.1, 0.15) is 18.1 Å². The number of rotatable bonds is 5. The van der Waals surface area contributed by atoms with Crippen molar-refractivity contribution in [2.75, 3.05) is 0 Å². The summed E-state index contributed by atoms with van der Waals surface area (Å²) in [7, 11) is 0. The van der Waals surface area contributed by atoms with Gasteiger partial charge in [-0.2, -0.15) is 0 Å². The highest BCUT2D eigenvalue weighted by Gasteiger charge is 2.22. The van der Waals surface area contributed by atoms with E-state index in [0.717, 1.165) is 36.3 Å². The Labute approximate surface area is 164 Å². The van der Waals surface area contributed by atoms with E-state index in [2.05, 4.69) is 28.7 Å². The maximum absolute atomic E-state index is 12.8. The first kappa shape index (κ1) is 18.3. The summed E-state index contributed by atoms with van der Waals surface area (Å²) >= 11 is 0. The molecule has 0 spiro atoms. The topological polar surface area (TPSA) is 64.4 Å². The van der Waals surface area contributed by atoms with E-state index >= 15 is 0 Å². The second-order valence-corrected chi connectivity index (χ2v) is 7.24. The molecule has 1 heterocycles. The minimum atomic E-state index is -0.0792. The van der Waals surface area contributed by atoms with Crippen molar-refractivity contribution >= 4 is 5.91 Å².